The minimum absolute atomic E-state index is 0.0463. The van der Waals surface area contributed by atoms with Crippen LogP contribution in [0.4, 0.5) is 0 Å². The third-order valence-corrected chi connectivity index (χ3v) is 5.77. The van der Waals surface area contributed by atoms with Gasteiger partial charge in [-0.3, -0.25) is 9.69 Å². The maximum atomic E-state index is 12.9. The number of hydrogen-bond donors (Lipinski definition) is 1. The molecule has 1 N–H and O–H groups in total. The Hall–Kier alpha value is -2.83. The van der Waals surface area contributed by atoms with E-state index < -0.39 is 0 Å². The van der Waals surface area contributed by atoms with Gasteiger partial charge in [-0.25, -0.2) is 0 Å². The highest BCUT2D eigenvalue weighted by Crippen LogP contribution is 2.18. The Morgan fingerprint density at radius 1 is 1.03 bits per heavy atom. The van der Waals surface area contributed by atoms with Crippen LogP contribution in [0.5, 0.6) is 0 Å². The van der Waals surface area contributed by atoms with Gasteiger partial charge in [0.25, 0.3) is 5.91 Å². The second-order valence-corrected chi connectivity index (χ2v) is 7.79. The van der Waals surface area contributed by atoms with E-state index in [1.165, 1.54) is 5.56 Å². The second-order valence-electron chi connectivity index (χ2n) is 7.79. The van der Waals surface area contributed by atoms with Gasteiger partial charge in [-0.2, -0.15) is 0 Å². The molecule has 0 unspecified atom stereocenters. The molecule has 1 aromatic carbocycles. The number of nitrogens with zero attached hydrogens (tertiary/aromatic N) is 2. The minimum atomic E-state index is -0.0463. The highest BCUT2D eigenvalue weighted by atomic mass is 16.5. The van der Waals surface area contributed by atoms with Crippen molar-refractivity contribution >= 4 is 5.91 Å². The number of rotatable bonds is 7. The molecule has 0 bridgehead atoms. The summed E-state index contributed by atoms with van der Waals surface area (Å²) in [5.74, 6) is 0.829. The molecule has 1 fully saturated rings. The van der Waals surface area contributed by atoms with Crippen LogP contribution in [0, 0.1) is 13.8 Å². The maximum absolute atomic E-state index is 12.9. The molecule has 30 heavy (non-hydrogen) atoms. The molecule has 0 saturated carbocycles. The highest BCUT2D eigenvalue weighted by Gasteiger charge is 2.17. The SMILES string of the molecule is Cc1cc(C(=O)NCc2ccccc2CN2CCOCC2)c(C)n1Cc1ccco1. The molecule has 158 valence electrons. The Morgan fingerprint density at radius 3 is 2.53 bits per heavy atom. The number of carbonyl (C=O) groups excluding carboxylic acids is 1. The number of amides is 1. The van der Waals surface area contributed by atoms with Crippen LogP contribution in [0.1, 0.15) is 38.6 Å². The van der Waals surface area contributed by atoms with Crippen molar-refractivity contribution in [1.82, 2.24) is 14.8 Å². The van der Waals surface area contributed by atoms with Gasteiger partial charge in [0.05, 0.1) is 31.6 Å². The standard InChI is InChI=1S/C24H29N3O3/c1-18-14-23(19(2)27(18)17-22-8-5-11-30-22)24(28)25-15-20-6-3-4-7-21(20)16-26-9-12-29-13-10-26/h3-8,11,14H,9-10,12-13,15-17H2,1-2H3,(H,25,28). The lowest BCUT2D eigenvalue weighted by Gasteiger charge is -2.27. The van der Waals surface area contributed by atoms with Crippen LogP contribution in [0.25, 0.3) is 0 Å². The molecule has 6 nitrogen and oxygen atoms in total. The van der Waals surface area contributed by atoms with Crippen molar-refractivity contribution in [2.24, 2.45) is 0 Å². The van der Waals surface area contributed by atoms with E-state index >= 15 is 0 Å². The first-order chi connectivity index (χ1) is 14.6. The Bertz CT molecular complexity index is 985. The van der Waals surface area contributed by atoms with E-state index in [1.54, 1.807) is 6.26 Å². The Kier molecular flexibility index (Phi) is 6.35. The monoisotopic (exact) mass is 407 g/mol. The van der Waals surface area contributed by atoms with Gasteiger partial charge in [-0.1, -0.05) is 24.3 Å². The average Bonchev–Trinajstić information content (AvgIpc) is 3.37. The first-order valence-corrected chi connectivity index (χ1v) is 10.5. The molecule has 6 heteroatoms. The van der Waals surface area contributed by atoms with Gasteiger partial charge in [-0.05, 0) is 43.2 Å². The zero-order valence-corrected chi connectivity index (χ0v) is 17.7. The number of hydrogen-bond acceptors (Lipinski definition) is 4. The molecule has 0 spiro atoms. The van der Waals surface area contributed by atoms with E-state index in [4.69, 9.17) is 9.15 Å². The average molecular weight is 408 g/mol. The van der Waals surface area contributed by atoms with Gasteiger partial charge < -0.3 is 19.0 Å². The van der Waals surface area contributed by atoms with Crippen LogP contribution in [-0.4, -0.2) is 41.7 Å². The quantitative estimate of drug-likeness (QED) is 0.651. The number of benzene rings is 1. The zero-order valence-electron chi connectivity index (χ0n) is 17.7. The van der Waals surface area contributed by atoms with Crippen LogP contribution < -0.4 is 5.32 Å². The second kappa shape index (κ2) is 9.32. The third kappa shape index (κ3) is 4.66. The summed E-state index contributed by atoms with van der Waals surface area (Å²) in [6, 6.07) is 14.1. The molecule has 1 aliphatic rings. The molecule has 4 rings (SSSR count). The number of ether oxygens (including phenoxy) is 1. The molecule has 3 heterocycles. The molecule has 3 aromatic rings. The lowest BCUT2D eigenvalue weighted by Crippen LogP contribution is -2.36. The molecular weight excluding hydrogens is 378 g/mol. The summed E-state index contributed by atoms with van der Waals surface area (Å²) < 4.78 is 13.0. The molecular formula is C24H29N3O3. The Morgan fingerprint density at radius 2 is 1.80 bits per heavy atom. The predicted octanol–water partition coefficient (Wildman–Crippen LogP) is 3.51. The topological polar surface area (TPSA) is 59.6 Å². The maximum Gasteiger partial charge on any atom is 0.253 e. The summed E-state index contributed by atoms with van der Waals surface area (Å²) in [4.78, 5) is 15.3. The van der Waals surface area contributed by atoms with E-state index in [0.717, 1.165) is 55.6 Å². The van der Waals surface area contributed by atoms with Crippen LogP contribution >= 0.6 is 0 Å². The first-order valence-electron chi connectivity index (χ1n) is 10.5. The van der Waals surface area contributed by atoms with Crippen LogP contribution in [0.2, 0.25) is 0 Å². The van der Waals surface area contributed by atoms with E-state index in [2.05, 4.69) is 33.0 Å². The smallest absolute Gasteiger partial charge is 0.253 e. The summed E-state index contributed by atoms with van der Waals surface area (Å²) >= 11 is 0. The lowest BCUT2D eigenvalue weighted by molar-refractivity contribution is 0.0340. The molecule has 0 aliphatic carbocycles. The third-order valence-electron chi connectivity index (χ3n) is 5.77. The Labute approximate surface area is 177 Å². The lowest BCUT2D eigenvalue weighted by atomic mass is 10.1. The fourth-order valence-corrected chi connectivity index (χ4v) is 3.99. The van der Waals surface area contributed by atoms with Gasteiger partial charge >= 0.3 is 0 Å². The van der Waals surface area contributed by atoms with E-state index in [-0.39, 0.29) is 5.91 Å². The van der Waals surface area contributed by atoms with Crippen LogP contribution in [-0.2, 0) is 24.4 Å². The fraction of sp³-hybridized carbons (Fsp3) is 0.375. The highest BCUT2D eigenvalue weighted by molar-refractivity contribution is 5.95. The first kappa shape index (κ1) is 20.4. The molecule has 0 radical (unpaired) electrons. The fourth-order valence-electron chi connectivity index (χ4n) is 3.99. The molecule has 1 amide bonds. The normalized spacial score (nSPS) is 14.7. The van der Waals surface area contributed by atoms with Gasteiger partial charge in [-0.15, -0.1) is 0 Å². The van der Waals surface area contributed by atoms with Crippen molar-refractivity contribution in [3.05, 3.63) is 82.6 Å². The zero-order chi connectivity index (χ0) is 20.9. The summed E-state index contributed by atoms with van der Waals surface area (Å²) in [5, 5.41) is 3.11. The van der Waals surface area contributed by atoms with Crippen molar-refractivity contribution in [1.29, 1.82) is 0 Å². The number of furan rings is 1. The number of aromatic nitrogens is 1. The minimum Gasteiger partial charge on any atom is -0.467 e. The summed E-state index contributed by atoms with van der Waals surface area (Å²) in [5.41, 5.74) is 5.11. The van der Waals surface area contributed by atoms with Crippen molar-refractivity contribution in [2.45, 2.75) is 33.5 Å². The molecule has 2 aromatic heterocycles. The predicted molar refractivity (Wildman–Crippen MR) is 115 cm³/mol. The van der Waals surface area contributed by atoms with Gasteiger partial charge in [0.2, 0.25) is 0 Å². The number of aryl methyl sites for hydroxylation is 1. The number of carbonyl (C=O) groups is 1. The summed E-state index contributed by atoms with van der Waals surface area (Å²) in [7, 11) is 0. The van der Waals surface area contributed by atoms with Crippen molar-refractivity contribution in [3.63, 3.8) is 0 Å². The number of nitrogens with one attached hydrogen (secondary N) is 1. The van der Waals surface area contributed by atoms with Crippen molar-refractivity contribution in [2.75, 3.05) is 26.3 Å². The van der Waals surface area contributed by atoms with Gasteiger partial charge in [0.1, 0.15) is 5.76 Å². The molecule has 1 aliphatic heterocycles. The largest absolute Gasteiger partial charge is 0.467 e. The van der Waals surface area contributed by atoms with Crippen molar-refractivity contribution in [3.8, 4) is 0 Å². The summed E-state index contributed by atoms with van der Waals surface area (Å²) in [6.07, 6.45) is 1.67. The van der Waals surface area contributed by atoms with E-state index in [9.17, 15) is 4.79 Å². The van der Waals surface area contributed by atoms with Crippen LogP contribution in [0.3, 0.4) is 0 Å². The molecule has 0 atom stereocenters. The van der Waals surface area contributed by atoms with Crippen molar-refractivity contribution < 1.29 is 13.9 Å². The van der Waals surface area contributed by atoms with E-state index in [1.807, 2.05) is 38.1 Å². The van der Waals surface area contributed by atoms with Crippen LogP contribution in [0.15, 0.2) is 53.1 Å². The Balaban J connectivity index is 1.43. The van der Waals surface area contributed by atoms with Gasteiger partial charge in [0.15, 0.2) is 0 Å². The van der Waals surface area contributed by atoms with E-state index in [0.29, 0.717) is 18.7 Å². The summed E-state index contributed by atoms with van der Waals surface area (Å²) in [6.45, 7) is 9.49. The molecule has 1 saturated heterocycles. The van der Waals surface area contributed by atoms with Gasteiger partial charge in [0, 0.05) is 37.6 Å². The number of morpholine rings is 1.